The summed E-state index contributed by atoms with van der Waals surface area (Å²) in [5.41, 5.74) is 1.61. The van der Waals surface area contributed by atoms with Crippen LogP contribution in [0.4, 0.5) is 8.78 Å². The van der Waals surface area contributed by atoms with Crippen LogP contribution in [-0.2, 0) is 9.59 Å². The van der Waals surface area contributed by atoms with Gasteiger partial charge in [0.05, 0.1) is 17.5 Å². The lowest BCUT2D eigenvalue weighted by atomic mass is 10.0. The van der Waals surface area contributed by atoms with Gasteiger partial charge in [-0.15, -0.1) is 11.8 Å². The van der Waals surface area contributed by atoms with E-state index in [1.54, 1.807) is 31.2 Å². The van der Waals surface area contributed by atoms with E-state index in [0.29, 0.717) is 6.54 Å². The Morgan fingerprint density at radius 3 is 1.85 bits per heavy atom. The molecule has 0 fully saturated rings. The van der Waals surface area contributed by atoms with Crippen LogP contribution in [0.5, 0.6) is 0 Å². The molecule has 0 aliphatic rings. The molecule has 0 saturated carbocycles. The van der Waals surface area contributed by atoms with Crippen molar-refractivity contribution in [2.75, 3.05) is 18.8 Å². The third-order valence-electron chi connectivity index (χ3n) is 3.55. The van der Waals surface area contributed by atoms with Crippen LogP contribution in [0.15, 0.2) is 48.5 Å². The number of nitrogens with one attached hydrogen (secondary N) is 2. The first-order valence-electron chi connectivity index (χ1n) is 8.15. The first-order chi connectivity index (χ1) is 12.5. The molecule has 0 unspecified atom stereocenters. The van der Waals surface area contributed by atoms with Crippen LogP contribution in [0.2, 0.25) is 0 Å². The van der Waals surface area contributed by atoms with E-state index < -0.39 is 0 Å². The molecule has 0 atom stereocenters. The molecular formula is C19H20F2N2O2S. The highest BCUT2D eigenvalue weighted by molar-refractivity contribution is 8.00. The predicted molar refractivity (Wildman–Crippen MR) is 98.8 cm³/mol. The van der Waals surface area contributed by atoms with Gasteiger partial charge in [-0.25, -0.2) is 8.78 Å². The number of carbonyl (C=O) groups is 2. The van der Waals surface area contributed by atoms with Crippen molar-refractivity contribution < 1.29 is 18.4 Å². The van der Waals surface area contributed by atoms with Gasteiger partial charge >= 0.3 is 0 Å². The monoisotopic (exact) mass is 378 g/mol. The van der Waals surface area contributed by atoms with Gasteiger partial charge in [-0.05, 0) is 42.3 Å². The summed E-state index contributed by atoms with van der Waals surface area (Å²) < 4.78 is 26.4. The Labute approximate surface area is 155 Å². The minimum Gasteiger partial charge on any atom is -0.355 e. The minimum absolute atomic E-state index is 0.0784. The fourth-order valence-corrected chi connectivity index (χ4v) is 3.43. The van der Waals surface area contributed by atoms with Crippen LogP contribution in [0.25, 0.3) is 0 Å². The van der Waals surface area contributed by atoms with Crippen LogP contribution >= 0.6 is 11.8 Å². The Hall–Kier alpha value is -2.41. The summed E-state index contributed by atoms with van der Waals surface area (Å²) in [6, 6.07) is 12.0. The standard InChI is InChI=1S/C19H20F2N2O2S/c1-2-22-17(24)11-23-18(25)12-26-19(13-3-7-15(20)8-4-13)14-5-9-16(21)10-6-14/h3-10,19H,2,11-12H2,1H3,(H,22,24)(H,23,25). The summed E-state index contributed by atoms with van der Waals surface area (Å²) in [6.07, 6.45) is 0. The molecule has 0 aromatic heterocycles. The highest BCUT2D eigenvalue weighted by Gasteiger charge is 2.17. The smallest absolute Gasteiger partial charge is 0.239 e. The molecule has 0 saturated heterocycles. The number of carbonyl (C=O) groups excluding carboxylic acids is 2. The topological polar surface area (TPSA) is 58.2 Å². The maximum Gasteiger partial charge on any atom is 0.239 e. The van der Waals surface area contributed by atoms with Gasteiger partial charge in [0.25, 0.3) is 0 Å². The molecule has 0 aliphatic carbocycles. The van der Waals surface area contributed by atoms with Gasteiger partial charge in [-0.2, -0.15) is 0 Å². The van der Waals surface area contributed by atoms with E-state index in [2.05, 4.69) is 10.6 Å². The number of rotatable bonds is 8. The number of hydrogen-bond donors (Lipinski definition) is 2. The quantitative estimate of drug-likeness (QED) is 0.742. The molecule has 0 radical (unpaired) electrons. The molecular weight excluding hydrogens is 358 g/mol. The highest BCUT2D eigenvalue weighted by Crippen LogP contribution is 2.35. The fourth-order valence-electron chi connectivity index (χ4n) is 2.31. The normalized spacial score (nSPS) is 10.6. The Bertz CT molecular complexity index is 691. The largest absolute Gasteiger partial charge is 0.355 e. The van der Waals surface area contributed by atoms with E-state index in [1.165, 1.54) is 36.0 Å². The SMILES string of the molecule is CCNC(=O)CNC(=O)CSC(c1ccc(F)cc1)c1ccc(F)cc1. The summed E-state index contributed by atoms with van der Waals surface area (Å²) in [6.45, 7) is 2.22. The zero-order chi connectivity index (χ0) is 18.9. The first-order valence-corrected chi connectivity index (χ1v) is 9.20. The molecule has 0 aliphatic heterocycles. The van der Waals surface area contributed by atoms with Gasteiger partial charge in [0.15, 0.2) is 0 Å². The third kappa shape index (κ3) is 6.15. The maximum absolute atomic E-state index is 13.2. The van der Waals surface area contributed by atoms with Crippen molar-refractivity contribution in [3.8, 4) is 0 Å². The van der Waals surface area contributed by atoms with E-state index in [-0.39, 0.29) is 41.0 Å². The van der Waals surface area contributed by atoms with Crippen molar-refractivity contribution in [3.63, 3.8) is 0 Å². The molecule has 0 bridgehead atoms. The average Bonchev–Trinajstić information content (AvgIpc) is 2.63. The molecule has 0 heterocycles. The lowest BCUT2D eigenvalue weighted by Gasteiger charge is -2.18. The summed E-state index contributed by atoms with van der Waals surface area (Å²) in [7, 11) is 0. The fraction of sp³-hybridized carbons (Fsp3) is 0.263. The second-order valence-electron chi connectivity index (χ2n) is 5.52. The molecule has 2 rings (SSSR count). The molecule has 2 N–H and O–H groups in total. The van der Waals surface area contributed by atoms with Crippen LogP contribution in [0.3, 0.4) is 0 Å². The molecule has 0 spiro atoms. The van der Waals surface area contributed by atoms with E-state index in [0.717, 1.165) is 11.1 Å². The molecule has 4 nitrogen and oxygen atoms in total. The van der Waals surface area contributed by atoms with Gasteiger partial charge in [0.1, 0.15) is 11.6 Å². The highest BCUT2D eigenvalue weighted by atomic mass is 32.2. The van der Waals surface area contributed by atoms with Crippen molar-refractivity contribution >= 4 is 23.6 Å². The minimum atomic E-state index is -0.351. The third-order valence-corrected chi connectivity index (χ3v) is 4.85. The molecule has 2 amide bonds. The van der Waals surface area contributed by atoms with E-state index >= 15 is 0 Å². The average molecular weight is 378 g/mol. The predicted octanol–water partition coefficient (Wildman–Crippen LogP) is 3.04. The summed E-state index contributed by atoms with van der Waals surface area (Å²) >= 11 is 1.32. The summed E-state index contributed by atoms with van der Waals surface area (Å²) in [5, 5.41) is 4.89. The van der Waals surface area contributed by atoms with Gasteiger partial charge in [0.2, 0.25) is 11.8 Å². The van der Waals surface area contributed by atoms with Gasteiger partial charge in [0, 0.05) is 6.54 Å². The summed E-state index contributed by atoms with van der Waals surface area (Å²) in [4.78, 5) is 23.4. The van der Waals surface area contributed by atoms with Gasteiger partial charge < -0.3 is 10.6 Å². The number of benzene rings is 2. The van der Waals surface area contributed by atoms with Crippen molar-refractivity contribution in [2.45, 2.75) is 12.2 Å². The number of thioether (sulfide) groups is 1. The first kappa shape index (κ1) is 19.9. The van der Waals surface area contributed by atoms with Crippen LogP contribution in [0, 0.1) is 11.6 Å². The zero-order valence-electron chi connectivity index (χ0n) is 14.3. The number of likely N-dealkylation sites (N-methyl/N-ethyl adjacent to an activating group) is 1. The van der Waals surface area contributed by atoms with Crippen molar-refractivity contribution in [1.82, 2.24) is 10.6 Å². The Balaban J connectivity index is 2.05. The molecule has 2 aromatic rings. The number of halogens is 2. The number of amides is 2. The second-order valence-corrected chi connectivity index (χ2v) is 6.62. The van der Waals surface area contributed by atoms with Crippen LogP contribution in [-0.4, -0.2) is 30.7 Å². The summed E-state index contributed by atoms with van der Waals surface area (Å²) in [5.74, 6) is -1.12. The molecule has 26 heavy (non-hydrogen) atoms. The lowest BCUT2D eigenvalue weighted by Crippen LogP contribution is -2.37. The van der Waals surface area contributed by atoms with E-state index in [1.807, 2.05) is 0 Å². The van der Waals surface area contributed by atoms with E-state index in [9.17, 15) is 18.4 Å². The zero-order valence-corrected chi connectivity index (χ0v) is 15.1. The maximum atomic E-state index is 13.2. The Kier molecular flexibility index (Phi) is 7.59. The number of hydrogen-bond acceptors (Lipinski definition) is 3. The van der Waals surface area contributed by atoms with Crippen LogP contribution < -0.4 is 10.6 Å². The molecule has 7 heteroatoms. The van der Waals surface area contributed by atoms with Crippen molar-refractivity contribution in [3.05, 3.63) is 71.3 Å². The molecule has 138 valence electrons. The Morgan fingerprint density at radius 2 is 1.38 bits per heavy atom. The van der Waals surface area contributed by atoms with Crippen molar-refractivity contribution in [2.24, 2.45) is 0 Å². The second kappa shape index (κ2) is 9.91. The van der Waals surface area contributed by atoms with Crippen molar-refractivity contribution in [1.29, 1.82) is 0 Å². The van der Waals surface area contributed by atoms with E-state index in [4.69, 9.17) is 0 Å². The molecule has 2 aromatic carbocycles. The lowest BCUT2D eigenvalue weighted by molar-refractivity contribution is -0.124. The van der Waals surface area contributed by atoms with Gasteiger partial charge in [-0.1, -0.05) is 24.3 Å². The van der Waals surface area contributed by atoms with Gasteiger partial charge in [-0.3, -0.25) is 9.59 Å². The van der Waals surface area contributed by atoms with Crippen LogP contribution in [0.1, 0.15) is 23.3 Å². The Morgan fingerprint density at radius 1 is 0.885 bits per heavy atom.